The van der Waals surface area contributed by atoms with Gasteiger partial charge >= 0.3 is 0 Å². The van der Waals surface area contributed by atoms with Crippen molar-refractivity contribution in [3.8, 4) is 0 Å². The number of aliphatic hydroxyl groups is 1. The average Bonchev–Trinajstić information content (AvgIpc) is 2.34. The molecule has 0 saturated heterocycles. The van der Waals surface area contributed by atoms with Gasteiger partial charge in [-0.1, -0.05) is 34.1 Å². The van der Waals surface area contributed by atoms with Crippen LogP contribution >= 0.6 is 15.9 Å². The van der Waals surface area contributed by atoms with Gasteiger partial charge in [0, 0.05) is 23.3 Å². The third-order valence-corrected chi connectivity index (χ3v) is 3.61. The van der Waals surface area contributed by atoms with E-state index < -0.39 is 6.10 Å². The SMILES string of the molecule is Cc1cc(C(O)Cc2cccnc2)ccc1Br. The lowest BCUT2D eigenvalue weighted by Gasteiger charge is -2.12. The fourth-order valence-corrected chi connectivity index (χ4v) is 1.98. The Labute approximate surface area is 109 Å². The Bertz CT molecular complexity index is 499. The van der Waals surface area contributed by atoms with Crippen molar-refractivity contribution >= 4 is 15.9 Å². The van der Waals surface area contributed by atoms with Crippen LogP contribution in [0.3, 0.4) is 0 Å². The van der Waals surface area contributed by atoms with Gasteiger partial charge in [0.2, 0.25) is 0 Å². The molecule has 1 unspecified atom stereocenters. The molecule has 2 nitrogen and oxygen atoms in total. The molecule has 0 saturated carbocycles. The van der Waals surface area contributed by atoms with E-state index in [1.807, 2.05) is 37.3 Å². The van der Waals surface area contributed by atoms with E-state index in [0.29, 0.717) is 6.42 Å². The van der Waals surface area contributed by atoms with Crippen molar-refractivity contribution < 1.29 is 5.11 Å². The van der Waals surface area contributed by atoms with Crippen LogP contribution in [0.25, 0.3) is 0 Å². The van der Waals surface area contributed by atoms with Crippen LogP contribution in [0.4, 0.5) is 0 Å². The molecule has 1 atom stereocenters. The molecule has 0 spiro atoms. The topological polar surface area (TPSA) is 33.1 Å². The van der Waals surface area contributed by atoms with Crippen molar-refractivity contribution in [3.63, 3.8) is 0 Å². The number of nitrogens with zero attached hydrogens (tertiary/aromatic N) is 1. The lowest BCUT2D eigenvalue weighted by atomic mass is 10.0. The Balaban J connectivity index is 2.14. The van der Waals surface area contributed by atoms with E-state index in [0.717, 1.165) is 21.2 Å². The predicted molar refractivity (Wildman–Crippen MR) is 71.8 cm³/mol. The highest BCUT2D eigenvalue weighted by Gasteiger charge is 2.09. The summed E-state index contributed by atoms with van der Waals surface area (Å²) in [6, 6.07) is 9.77. The summed E-state index contributed by atoms with van der Waals surface area (Å²) in [4.78, 5) is 4.04. The largest absolute Gasteiger partial charge is 0.388 e. The van der Waals surface area contributed by atoms with Gasteiger partial charge in [0.25, 0.3) is 0 Å². The van der Waals surface area contributed by atoms with Crippen LogP contribution in [0.2, 0.25) is 0 Å². The van der Waals surface area contributed by atoms with Gasteiger partial charge < -0.3 is 5.11 Å². The van der Waals surface area contributed by atoms with Gasteiger partial charge in [-0.2, -0.15) is 0 Å². The lowest BCUT2D eigenvalue weighted by Crippen LogP contribution is -2.02. The number of hydrogen-bond acceptors (Lipinski definition) is 2. The molecule has 2 rings (SSSR count). The van der Waals surface area contributed by atoms with E-state index in [4.69, 9.17) is 0 Å². The minimum atomic E-state index is -0.481. The minimum Gasteiger partial charge on any atom is -0.388 e. The summed E-state index contributed by atoms with van der Waals surface area (Å²) in [7, 11) is 0. The quantitative estimate of drug-likeness (QED) is 0.940. The minimum absolute atomic E-state index is 0.481. The number of aryl methyl sites for hydroxylation is 1. The number of halogens is 1. The van der Waals surface area contributed by atoms with Crippen molar-refractivity contribution in [3.05, 3.63) is 63.9 Å². The van der Waals surface area contributed by atoms with Crippen molar-refractivity contribution in [2.75, 3.05) is 0 Å². The summed E-state index contributed by atoms with van der Waals surface area (Å²) < 4.78 is 1.06. The monoisotopic (exact) mass is 291 g/mol. The van der Waals surface area contributed by atoms with E-state index in [1.165, 1.54) is 0 Å². The molecule has 0 bridgehead atoms. The van der Waals surface area contributed by atoms with Crippen LogP contribution in [-0.2, 0) is 6.42 Å². The first kappa shape index (κ1) is 12.3. The molecule has 0 aliphatic heterocycles. The molecule has 0 aliphatic rings. The summed E-state index contributed by atoms with van der Waals surface area (Å²) in [6.07, 6.45) is 3.63. The summed E-state index contributed by atoms with van der Waals surface area (Å²) in [6.45, 7) is 2.02. The van der Waals surface area contributed by atoms with E-state index in [1.54, 1.807) is 12.4 Å². The fraction of sp³-hybridized carbons (Fsp3) is 0.214. The van der Waals surface area contributed by atoms with Crippen LogP contribution in [0, 0.1) is 6.92 Å². The Kier molecular flexibility index (Phi) is 3.92. The van der Waals surface area contributed by atoms with Crippen LogP contribution < -0.4 is 0 Å². The van der Waals surface area contributed by atoms with Crippen molar-refractivity contribution in [1.82, 2.24) is 4.98 Å². The first-order valence-corrected chi connectivity index (χ1v) is 6.29. The second-order valence-electron chi connectivity index (χ2n) is 4.09. The van der Waals surface area contributed by atoms with Crippen LogP contribution in [0.15, 0.2) is 47.2 Å². The van der Waals surface area contributed by atoms with Crippen molar-refractivity contribution in [1.29, 1.82) is 0 Å². The van der Waals surface area contributed by atoms with Gasteiger partial charge in [0.15, 0.2) is 0 Å². The normalized spacial score (nSPS) is 12.4. The molecule has 1 aromatic heterocycles. The Morgan fingerprint density at radius 1 is 1.35 bits per heavy atom. The van der Waals surface area contributed by atoms with Crippen LogP contribution in [0.1, 0.15) is 22.8 Å². The fourth-order valence-electron chi connectivity index (χ4n) is 1.74. The zero-order valence-electron chi connectivity index (χ0n) is 9.60. The second-order valence-corrected chi connectivity index (χ2v) is 4.94. The van der Waals surface area contributed by atoms with Crippen LogP contribution in [-0.4, -0.2) is 10.1 Å². The maximum Gasteiger partial charge on any atom is 0.0831 e. The van der Waals surface area contributed by atoms with Gasteiger partial charge in [-0.3, -0.25) is 4.98 Å². The third kappa shape index (κ3) is 3.14. The lowest BCUT2D eigenvalue weighted by molar-refractivity contribution is 0.178. The highest BCUT2D eigenvalue weighted by molar-refractivity contribution is 9.10. The molecule has 0 radical (unpaired) electrons. The molecule has 0 fully saturated rings. The Hall–Kier alpha value is -1.19. The van der Waals surface area contributed by atoms with Gasteiger partial charge in [-0.25, -0.2) is 0 Å². The predicted octanol–water partition coefficient (Wildman–Crippen LogP) is 3.43. The van der Waals surface area contributed by atoms with Gasteiger partial charge in [-0.05, 0) is 35.7 Å². The molecule has 1 aromatic carbocycles. The van der Waals surface area contributed by atoms with Crippen LogP contribution in [0.5, 0.6) is 0 Å². The number of pyridine rings is 1. The van der Waals surface area contributed by atoms with Gasteiger partial charge in [0.1, 0.15) is 0 Å². The first-order chi connectivity index (χ1) is 8.16. The maximum absolute atomic E-state index is 10.1. The molecule has 2 aromatic rings. The van der Waals surface area contributed by atoms with E-state index in [-0.39, 0.29) is 0 Å². The summed E-state index contributed by atoms with van der Waals surface area (Å²) >= 11 is 3.45. The summed E-state index contributed by atoms with van der Waals surface area (Å²) in [5, 5.41) is 10.1. The molecule has 17 heavy (non-hydrogen) atoms. The van der Waals surface area contributed by atoms with Crippen molar-refractivity contribution in [2.45, 2.75) is 19.4 Å². The average molecular weight is 292 g/mol. The first-order valence-electron chi connectivity index (χ1n) is 5.50. The third-order valence-electron chi connectivity index (χ3n) is 2.72. The summed E-state index contributed by atoms with van der Waals surface area (Å²) in [5.41, 5.74) is 3.11. The van der Waals surface area contributed by atoms with Gasteiger partial charge in [-0.15, -0.1) is 0 Å². The van der Waals surface area contributed by atoms with Crippen molar-refractivity contribution in [2.24, 2.45) is 0 Å². The number of hydrogen-bond donors (Lipinski definition) is 1. The number of benzene rings is 1. The number of rotatable bonds is 3. The second kappa shape index (κ2) is 5.43. The Morgan fingerprint density at radius 3 is 2.82 bits per heavy atom. The molecule has 0 aliphatic carbocycles. The van der Waals surface area contributed by atoms with E-state index in [2.05, 4.69) is 20.9 Å². The maximum atomic E-state index is 10.1. The molecule has 1 heterocycles. The highest BCUT2D eigenvalue weighted by Crippen LogP contribution is 2.23. The molecular weight excluding hydrogens is 278 g/mol. The number of aromatic nitrogens is 1. The zero-order valence-corrected chi connectivity index (χ0v) is 11.2. The molecular formula is C14H14BrNO. The standard InChI is InChI=1S/C14H14BrNO/c1-10-7-12(4-5-13(10)15)14(17)8-11-3-2-6-16-9-11/h2-7,9,14,17H,8H2,1H3. The summed E-state index contributed by atoms with van der Waals surface area (Å²) in [5.74, 6) is 0. The van der Waals surface area contributed by atoms with E-state index >= 15 is 0 Å². The highest BCUT2D eigenvalue weighted by atomic mass is 79.9. The Morgan fingerprint density at radius 2 is 2.18 bits per heavy atom. The van der Waals surface area contributed by atoms with Gasteiger partial charge in [0.05, 0.1) is 6.10 Å². The molecule has 88 valence electrons. The molecule has 1 N–H and O–H groups in total. The smallest absolute Gasteiger partial charge is 0.0831 e. The molecule has 0 amide bonds. The zero-order chi connectivity index (χ0) is 12.3. The van der Waals surface area contributed by atoms with E-state index in [9.17, 15) is 5.11 Å². The number of aliphatic hydroxyl groups excluding tert-OH is 1. The molecule has 3 heteroatoms.